The molecule has 0 heterocycles. The maximum absolute atomic E-state index is 14.4. The standard InChI is InChI=1S/C40H46O12/c1-5-9-13-23(7-3)21-51-39(49)30-20-19-26(25-15-11-17-28(35(41)42)32(25)37(45)46)31(27-16-12-18-29(36(43)44)33(27)38(47)48)34(30)40(50)52-22-24(8-4)14-10-6-2/h11-12,15-20,23-24H,5-10,13-14,21-22H2,1-4H3,(H,41,42)(H,43,44)(H,45,46)(H,47,48). The highest BCUT2D eigenvalue weighted by Crippen LogP contribution is 2.42. The van der Waals surface area contributed by atoms with Gasteiger partial charge in [0.1, 0.15) is 0 Å². The van der Waals surface area contributed by atoms with Crippen LogP contribution in [0.4, 0.5) is 0 Å². The molecule has 0 spiro atoms. The lowest BCUT2D eigenvalue weighted by Crippen LogP contribution is -2.21. The van der Waals surface area contributed by atoms with Crippen molar-refractivity contribution in [3.63, 3.8) is 0 Å². The van der Waals surface area contributed by atoms with Crippen molar-refractivity contribution in [1.82, 2.24) is 0 Å². The molecule has 0 amide bonds. The summed E-state index contributed by atoms with van der Waals surface area (Å²) in [6.45, 7) is 7.92. The molecule has 0 radical (unpaired) electrons. The molecular formula is C40H46O12. The van der Waals surface area contributed by atoms with Crippen LogP contribution in [0.3, 0.4) is 0 Å². The molecule has 0 fully saturated rings. The number of carbonyl (C=O) groups excluding carboxylic acids is 2. The third-order valence-electron chi connectivity index (χ3n) is 9.19. The summed E-state index contributed by atoms with van der Waals surface area (Å²) < 4.78 is 11.5. The first-order chi connectivity index (χ1) is 24.8. The van der Waals surface area contributed by atoms with Gasteiger partial charge in [0.25, 0.3) is 0 Å². The molecule has 0 aliphatic heterocycles. The van der Waals surface area contributed by atoms with E-state index in [1.165, 1.54) is 36.4 Å². The fourth-order valence-corrected chi connectivity index (χ4v) is 6.18. The summed E-state index contributed by atoms with van der Waals surface area (Å²) in [6, 6.07) is 9.66. The van der Waals surface area contributed by atoms with Gasteiger partial charge in [-0.15, -0.1) is 0 Å². The Bertz CT molecular complexity index is 1810. The number of benzene rings is 3. The number of carbonyl (C=O) groups is 6. The Morgan fingerprint density at radius 2 is 0.981 bits per heavy atom. The van der Waals surface area contributed by atoms with Gasteiger partial charge in [0.05, 0.1) is 46.6 Å². The molecule has 12 nitrogen and oxygen atoms in total. The van der Waals surface area contributed by atoms with E-state index in [1.54, 1.807) is 0 Å². The minimum Gasteiger partial charge on any atom is -0.478 e. The monoisotopic (exact) mass is 718 g/mol. The second kappa shape index (κ2) is 19.2. The van der Waals surface area contributed by atoms with Crippen LogP contribution in [0.25, 0.3) is 22.3 Å². The van der Waals surface area contributed by atoms with Crippen LogP contribution in [0.2, 0.25) is 0 Å². The van der Waals surface area contributed by atoms with Crippen molar-refractivity contribution >= 4 is 35.8 Å². The summed E-state index contributed by atoms with van der Waals surface area (Å²) in [5, 5.41) is 40.5. The lowest BCUT2D eigenvalue weighted by molar-refractivity contribution is 0.0382. The fourth-order valence-electron chi connectivity index (χ4n) is 6.18. The molecule has 278 valence electrons. The highest BCUT2D eigenvalue weighted by Gasteiger charge is 2.33. The van der Waals surface area contributed by atoms with Gasteiger partial charge in [0.2, 0.25) is 0 Å². The number of rotatable bonds is 20. The first-order valence-corrected chi connectivity index (χ1v) is 17.5. The van der Waals surface area contributed by atoms with Crippen molar-refractivity contribution in [3.05, 3.63) is 81.9 Å². The zero-order valence-electron chi connectivity index (χ0n) is 29.9. The van der Waals surface area contributed by atoms with Crippen LogP contribution < -0.4 is 0 Å². The number of esters is 2. The minimum absolute atomic E-state index is 0.0182. The zero-order valence-corrected chi connectivity index (χ0v) is 29.9. The van der Waals surface area contributed by atoms with E-state index < -0.39 is 63.6 Å². The summed E-state index contributed by atoms with van der Waals surface area (Å²) in [6.07, 6.45) is 6.52. The molecule has 0 bridgehead atoms. The van der Waals surface area contributed by atoms with Gasteiger partial charge in [-0.3, -0.25) is 0 Å². The average molecular weight is 719 g/mol. The molecule has 3 aromatic rings. The molecule has 2 atom stereocenters. The molecule has 3 rings (SSSR count). The third kappa shape index (κ3) is 9.62. The van der Waals surface area contributed by atoms with E-state index in [2.05, 4.69) is 0 Å². The summed E-state index contributed by atoms with van der Waals surface area (Å²) in [5.41, 5.74) is -4.51. The number of hydrogen-bond donors (Lipinski definition) is 4. The molecule has 4 N–H and O–H groups in total. The fraction of sp³-hybridized carbons (Fsp3) is 0.400. The van der Waals surface area contributed by atoms with Gasteiger partial charge in [0.15, 0.2) is 0 Å². The van der Waals surface area contributed by atoms with E-state index in [0.29, 0.717) is 12.8 Å². The predicted octanol–water partition coefficient (Wildman–Crippen LogP) is 8.56. The van der Waals surface area contributed by atoms with Crippen molar-refractivity contribution in [2.75, 3.05) is 13.2 Å². The Hall–Kier alpha value is -5.52. The van der Waals surface area contributed by atoms with E-state index in [1.807, 2.05) is 27.7 Å². The van der Waals surface area contributed by atoms with Crippen LogP contribution >= 0.6 is 0 Å². The quantitative estimate of drug-likeness (QED) is 0.0812. The molecule has 0 saturated heterocycles. The Labute approximate surface area is 302 Å². The normalized spacial score (nSPS) is 12.1. The largest absolute Gasteiger partial charge is 0.478 e. The van der Waals surface area contributed by atoms with Crippen LogP contribution in [0.1, 0.15) is 141 Å². The van der Waals surface area contributed by atoms with E-state index >= 15 is 0 Å². The third-order valence-corrected chi connectivity index (χ3v) is 9.19. The number of carboxylic acid groups (broad SMARTS) is 4. The second-order valence-corrected chi connectivity index (χ2v) is 12.6. The number of unbranched alkanes of at least 4 members (excludes halogenated alkanes) is 2. The Kier molecular flexibility index (Phi) is 15.1. The van der Waals surface area contributed by atoms with Gasteiger partial charge in [-0.25, -0.2) is 28.8 Å². The molecular weight excluding hydrogens is 672 g/mol. The SMILES string of the molecule is CCCCC(CC)COC(=O)c1ccc(-c2cccc(C(=O)O)c2C(=O)O)c(-c2cccc(C(=O)O)c2C(=O)O)c1C(=O)OCC(CC)CCCC. The topological polar surface area (TPSA) is 202 Å². The highest BCUT2D eigenvalue weighted by atomic mass is 16.5. The summed E-state index contributed by atoms with van der Waals surface area (Å²) in [7, 11) is 0. The van der Waals surface area contributed by atoms with E-state index in [9.17, 15) is 49.2 Å². The van der Waals surface area contributed by atoms with Crippen LogP contribution in [0, 0.1) is 11.8 Å². The first-order valence-electron chi connectivity index (χ1n) is 17.5. The minimum atomic E-state index is -1.68. The van der Waals surface area contributed by atoms with Gasteiger partial charge < -0.3 is 29.9 Å². The predicted molar refractivity (Wildman–Crippen MR) is 192 cm³/mol. The number of carboxylic acids is 4. The lowest BCUT2D eigenvalue weighted by Gasteiger charge is -2.22. The number of ether oxygens (including phenoxy) is 2. The molecule has 3 aromatic carbocycles. The number of hydrogen-bond acceptors (Lipinski definition) is 8. The second-order valence-electron chi connectivity index (χ2n) is 12.6. The van der Waals surface area contributed by atoms with Crippen molar-refractivity contribution in [3.8, 4) is 22.3 Å². The molecule has 0 aliphatic rings. The van der Waals surface area contributed by atoms with Crippen LogP contribution in [0.5, 0.6) is 0 Å². The van der Waals surface area contributed by atoms with Gasteiger partial charge in [0, 0.05) is 5.56 Å². The van der Waals surface area contributed by atoms with Gasteiger partial charge in [-0.2, -0.15) is 0 Å². The molecule has 0 aliphatic carbocycles. The van der Waals surface area contributed by atoms with Crippen molar-refractivity contribution in [1.29, 1.82) is 0 Å². The van der Waals surface area contributed by atoms with Crippen molar-refractivity contribution in [2.45, 2.75) is 79.1 Å². The van der Waals surface area contributed by atoms with Crippen molar-refractivity contribution < 1.29 is 58.7 Å². The maximum atomic E-state index is 14.4. The van der Waals surface area contributed by atoms with Gasteiger partial charge in [-0.1, -0.05) is 96.6 Å². The maximum Gasteiger partial charge on any atom is 0.339 e. The Morgan fingerprint density at radius 1 is 0.519 bits per heavy atom. The van der Waals surface area contributed by atoms with E-state index in [0.717, 1.165) is 50.7 Å². The Balaban J connectivity index is 2.50. The molecule has 12 heteroatoms. The van der Waals surface area contributed by atoms with Crippen LogP contribution in [-0.4, -0.2) is 69.5 Å². The van der Waals surface area contributed by atoms with E-state index in [4.69, 9.17) is 9.47 Å². The van der Waals surface area contributed by atoms with Crippen LogP contribution in [-0.2, 0) is 9.47 Å². The summed E-state index contributed by atoms with van der Waals surface area (Å²) >= 11 is 0. The van der Waals surface area contributed by atoms with Gasteiger partial charge >= 0.3 is 35.8 Å². The Morgan fingerprint density at radius 3 is 1.42 bits per heavy atom. The summed E-state index contributed by atoms with van der Waals surface area (Å²) in [5.74, 6) is -8.50. The molecule has 0 aromatic heterocycles. The lowest BCUT2D eigenvalue weighted by atomic mass is 9.82. The molecule has 0 saturated carbocycles. The zero-order chi connectivity index (χ0) is 38.5. The first kappa shape index (κ1) is 40.9. The van der Waals surface area contributed by atoms with Crippen LogP contribution in [0.15, 0.2) is 48.5 Å². The van der Waals surface area contributed by atoms with E-state index in [-0.39, 0.29) is 52.9 Å². The summed E-state index contributed by atoms with van der Waals surface area (Å²) in [4.78, 5) is 78.2. The molecule has 2 unspecified atom stereocenters. The molecule has 52 heavy (non-hydrogen) atoms. The average Bonchev–Trinajstić information content (AvgIpc) is 3.13. The van der Waals surface area contributed by atoms with Crippen molar-refractivity contribution in [2.24, 2.45) is 11.8 Å². The highest BCUT2D eigenvalue weighted by molar-refractivity contribution is 6.16. The smallest absolute Gasteiger partial charge is 0.339 e. The number of aromatic carboxylic acids is 4. The van der Waals surface area contributed by atoms with Gasteiger partial charge in [-0.05, 0) is 59.6 Å².